The number of benzene rings is 2. The predicted octanol–water partition coefficient (Wildman–Crippen LogP) is 3.66. The van der Waals surface area contributed by atoms with E-state index in [1.807, 2.05) is 36.4 Å². The first-order chi connectivity index (χ1) is 11.2. The third-order valence-corrected chi connectivity index (χ3v) is 3.88. The van der Waals surface area contributed by atoms with Crippen molar-refractivity contribution in [2.45, 2.75) is 6.42 Å². The van der Waals surface area contributed by atoms with Crippen LogP contribution in [0.4, 0.5) is 11.4 Å². The molecule has 120 valence electrons. The van der Waals surface area contributed by atoms with Gasteiger partial charge in [0.25, 0.3) is 0 Å². The first kappa shape index (κ1) is 15.7. The number of anilines is 2. The Morgan fingerprint density at radius 2 is 1.70 bits per heavy atom. The Morgan fingerprint density at radius 3 is 2.48 bits per heavy atom. The molecule has 23 heavy (non-hydrogen) atoms. The minimum absolute atomic E-state index is 0.0497. The molecule has 2 aromatic rings. The number of carbonyl (C=O) groups is 1. The minimum atomic E-state index is -0.0497. The van der Waals surface area contributed by atoms with Crippen LogP contribution in [-0.2, 0) is 4.79 Å². The van der Waals surface area contributed by atoms with Crippen LogP contribution in [0.15, 0.2) is 46.9 Å². The van der Waals surface area contributed by atoms with E-state index in [0.29, 0.717) is 43.4 Å². The molecule has 0 saturated heterocycles. The molecule has 2 N–H and O–H groups in total. The van der Waals surface area contributed by atoms with Crippen molar-refractivity contribution in [3.63, 3.8) is 0 Å². The fourth-order valence-electron chi connectivity index (χ4n) is 2.23. The van der Waals surface area contributed by atoms with Crippen LogP contribution in [0.2, 0.25) is 0 Å². The molecular weight excluding hydrogens is 360 g/mol. The summed E-state index contributed by atoms with van der Waals surface area (Å²) in [4.78, 5) is 12.0. The van der Waals surface area contributed by atoms with Crippen molar-refractivity contribution < 1.29 is 14.3 Å². The monoisotopic (exact) mass is 376 g/mol. The Hall–Kier alpha value is -2.21. The Bertz CT molecular complexity index is 689. The standard InChI is InChI=1S/C17H17BrN2O3/c18-12-1-3-13(4-2-12)19-8-7-17(21)20-14-5-6-15-16(11-14)23-10-9-22-15/h1-6,11,19H,7-10H2,(H,20,21). The van der Waals surface area contributed by atoms with Crippen LogP contribution < -0.4 is 20.1 Å². The summed E-state index contributed by atoms with van der Waals surface area (Å²) in [5.74, 6) is 1.33. The van der Waals surface area contributed by atoms with Crippen molar-refractivity contribution >= 4 is 33.2 Å². The van der Waals surface area contributed by atoms with E-state index in [-0.39, 0.29) is 5.91 Å². The van der Waals surface area contributed by atoms with Gasteiger partial charge in [0.05, 0.1) is 0 Å². The van der Waals surface area contributed by atoms with Crippen molar-refractivity contribution in [3.8, 4) is 11.5 Å². The van der Waals surface area contributed by atoms with Gasteiger partial charge in [-0.3, -0.25) is 4.79 Å². The van der Waals surface area contributed by atoms with Crippen molar-refractivity contribution in [1.29, 1.82) is 0 Å². The van der Waals surface area contributed by atoms with Gasteiger partial charge in [-0.2, -0.15) is 0 Å². The van der Waals surface area contributed by atoms with E-state index in [1.54, 1.807) is 6.07 Å². The van der Waals surface area contributed by atoms with E-state index in [4.69, 9.17) is 9.47 Å². The zero-order valence-corrected chi connectivity index (χ0v) is 14.1. The van der Waals surface area contributed by atoms with E-state index in [2.05, 4.69) is 26.6 Å². The third-order valence-electron chi connectivity index (χ3n) is 3.35. The molecule has 0 aromatic heterocycles. The van der Waals surface area contributed by atoms with Gasteiger partial charge in [-0.05, 0) is 36.4 Å². The lowest BCUT2D eigenvalue weighted by Crippen LogP contribution is -2.18. The van der Waals surface area contributed by atoms with E-state index >= 15 is 0 Å². The molecule has 0 spiro atoms. The summed E-state index contributed by atoms with van der Waals surface area (Å²) in [6.07, 6.45) is 0.379. The van der Waals surface area contributed by atoms with Crippen LogP contribution in [0.1, 0.15) is 6.42 Å². The van der Waals surface area contributed by atoms with Gasteiger partial charge in [0.1, 0.15) is 13.2 Å². The number of halogens is 1. The number of rotatable bonds is 5. The first-order valence-electron chi connectivity index (χ1n) is 7.40. The van der Waals surface area contributed by atoms with Gasteiger partial charge in [0.2, 0.25) is 5.91 Å². The highest BCUT2D eigenvalue weighted by Gasteiger charge is 2.12. The SMILES string of the molecule is O=C(CCNc1ccc(Br)cc1)Nc1ccc2c(c1)OCCO2. The molecule has 1 aliphatic heterocycles. The highest BCUT2D eigenvalue weighted by molar-refractivity contribution is 9.10. The van der Waals surface area contributed by atoms with Crippen LogP contribution in [0, 0.1) is 0 Å². The van der Waals surface area contributed by atoms with Crippen LogP contribution in [0.25, 0.3) is 0 Å². The number of hydrogen-bond donors (Lipinski definition) is 2. The molecule has 0 bridgehead atoms. The summed E-state index contributed by atoms with van der Waals surface area (Å²) in [5, 5.41) is 6.08. The second kappa shape index (κ2) is 7.37. The van der Waals surface area contributed by atoms with Crippen molar-refractivity contribution in [2.24, 2.45) is 0 Å². The number of fused-ring (bicyclic) bond motifs is 1. The molecule has 2 aromatic carbocycles. The zero-order chi connectivity index (χ0) is 16.1. The van der Waals surface area contributed by atoms with Gasteiger partial charge in [-0.1, -0.05) is 15.9 Å². The van der Waals surface area contributed by atoms with Gasteiger partial charge in [-0.15, -0.1) is 0 Å². The maximum atomic E-state index is 12.0. The molecule has 0 unspecified atom stereocenters. The molecule has 0 saturated carbocycles. The molecule has 0 radical (unpaired) electrons. The van der Waals surface area contributed by atoms with E-state index in [0.717, 1.165) is 10.2 Å². The fraction of sp³-hybridized carbons (Fsp3) is 0.235. The fourth-order valence-corrected chi connectivity index (χ4v) is 2.50. The maximum absolute atomic E-state index is 12.0. The summed E-state index contributed by atoms with van der Waals surface area (Å²) < 4.78 is 12.0. The molecular formula is C17H17BrN2O3. The third kappa shape index (κ3) is 4.39. The number of amides is 1. The van der Waals surface area contributed by atoms with Crippen molar-refractivity contribution in [3.05, 3.63) is 46.9 Å². The predicted molar refractivity (Wildman–Crippen MR) is 93.3 cm³/mol. The normalized spacial score (nSPS) is 12.6. The van der Waals surface area contributed by atoms with Gasteiger partial charge < -0.3 is 20.1 Å². The quantitative estimate of drug-likeness (QED) is 0.835. The molecule has 0 fully saturated rings. The molecule has 6 heteroatoms. The minimum Gasteiger partial charge on any atom is -0.486 e. The topological polar surface area (TPSA) is 59.6 Å². The Kier molecular flexibility index (Phi) is 5.02. The van der Waals surface area contributed by atoms with Gasteiger partial charge in [-0.25, -0.2) is 0 Å². The summed E-state index contributed by atoms with van der Waals surface area (Å²) in [6, 6.07) is 13.2. The van der Waals surface area contributed by atoms with Crippen molar-refractivity contribution in [2.75, 3.05) is 30.4 Å². The smallest absolute Gasteiger partial charge is 0.226 e. The lowest BCUT2D eigenvalue weighted by Gasteiger charge is -2.19. The van der Waals surface area contributed by atoms with E-state index in [1.165, 1.54) is 0 Å². The van der Waals surface area contributed by atoms with Crippen LogP contribution in [0.3, 0.4) is 0 Å². The van der Waals surface area contributed by atoms with Crippen LogP contribution >= 0.6 is 15.9 Å². The molecule has 3 rings (SSSR count). The van der Waals surface area contributed by atoms with Gasteiger partial charge in [0, 0.05) is 34.9 Å². The Morgan fingerprint density at radius 1 is 1.00 bits per heavy atom. The average molecular weight is 377 g/mol. The molecule has 0 aliphatic carbocycles. The summed E-state index contributed by atoms with van der Waals surface area (Å²) >= 11 is 3.39. The number of carbonyl (C=O) groups excluding carboxylic acids is 1. The summed E-state index contributed by atoms with van der Waals surface area (Å²) in [5.41, 5.74) is 1.70. The molecule has 1 amide bonds. The lowest BCUT2D eigenvalue weighted by molar-refractivity contribution is -0.115. The van der Waals surface area contributed by atoms with E-state index < -0.39 is 0 Å². The summed E-state index contributed by atoms with van der Waals surface area (Å²) in [7, 11) is 0. The van der Waals surface area contributed by atoms with E-state index in [9.17, 15) is 4.79 Å². The zero-order valence-electron chi connectivity index (χ0n) is 12.5. The highest BCUT2D eigenvalue weighted by atomic mass is 79.9. The van der Waals surface area contributed by atoms with Crippen molar-refractivity contribution in [1.82, 2.24) is 0 Å². The molecule has 1 aliphatic rings. The number of ether oxygens (including phenoxy) is 2. The van der Waals surface area contributed by atoms with Gasteiger partial charge in [0.15, 0.2) is 11.5 Å². The Labute approximate surface area is 143 Å². The Balaban J connectivity index is 1.48. The van der Waals surface area contributed by atoms with Crippen LogP contribution in [-0.4, -0.2) is 25.7 Å². The maximum Gasteiger partial charge on any atom is 0.226 e. The number of hydrogen-bond acceptors (Lipinski definition) is 4. The second-order valence-electron chi connectivity index (χ2n) is 5.09. The largest absolute Gasteiger partial charge is 0.486 e. The lowest BCUT2D eigenvalue weighted by atomic mass is 10.2. The molecule has 5 nitrogen and oxygen atoms in total. The van der Waals surface area contributed by atoms with Crippen LogP contribution in [0.5, 0.6) is 11.5 Å². The summed E-state index contributed by atoms with van der Waals surface area (Å²) in [6.45, 7) is 1.65. The molecule has 1 heterocycles. The number of nitrogens with one attached hydrogen (secondary N) is 2. The van der Waals surface area contributed by atoms with Gasteiger partial charge >= 0.3 is 0 Å². The first-order valence-corrected chi connectivity index (χ1v) is 8.19. The average Bonchev–Trinajstić information content (AvgIpc) is 2.56. The molecule has 0 atom stereocenters. The highest BCUT2D eigenvalue weighted by Crippen LogP contribution is 2.32. The second-order valence-corrected chi connectivity index (χ2v) is 6.01.